The molecule has 0 spiro atoms. The van der Waals surface area contributed by atoms with Gasteiger partial charge in [0, 0.05) is 17.0 Å². The van der Waals surface area contributed by atoms with Crippen molar-refractivity contribution in [3.8, 4) is 0 Å². The first-order valence-electron chi connectivity index (χ1n) is 7.12. The quantitative estimate of drug-likeness (QED) is 0.194. The Hall–Kier alpha value is -0.960. The molecule has 0 aromatic carbocycles. The SMILES string of the molecule is CS(=O)(=O)C=C(C(=O)C1C(=O)N2C(C(=O)[O-])C(N)S[C@H]12)c1csc(N)n1.[Na+]. The number of thioether (sulfide) groups is 1. The largest absolute Gasteiger partial charge is 1.00 e. The third-order valence-electron chi connectivity index (χ3n) is 3.91. The molecule has 1 amide bonds. The van der Waals surface area contributed by atoms with Crippen LogP contribution in [0.25, 0.3) is 5.57 Å². The van der Waals surface area contributed by atoms with E-state index in [1.807, 2.05) is 0 Å². The summed E-state index contributed by atoms with van der Waals surface area (Å²) < 4.78 is 23.3. The number of aromatic nitrogens is 1. The Morgan fingerprint density at radius 1 is 1.41 bits per heavy atom. The van der Waals surface area contributed by atoms with Crippen LogP contribution in [0.3, 0.4) is 0 Å². The zero-order chi connectivity index (χ0) is 19.4. The molecule has 0 bridgehead atoms. The van der Waals surface area contributed by atoms with E-state index in [0.29, 0.717) is 0 Å². The molecule has 2 aliphatic rings. The van der Waals surface area contributed by atoms with Gasteiger partial charge in [-0.2, -0.15) is 0 Å². The molecule has 4 N–H and O–H groups in total. The molecule has 14 heteroatoms. The van der Waals surface area contributed by atoms with Gasteiger partial charge in [0.1, 0.15) is 5.92 Å². The van der Waals surface area contributed by atoms with E-state index in [9.17, 15) is 27.9 Å². The van der Waals surface area contributed by atoms with Gasteiger partial charge in [0.25, 0.3) is 0 Å². The third kappa shape index (κ3) is 4.09. The number of thiazole rings is 1. The van der Waals surface area contributed by atoms with Crippen molar-refractivity contribution in [2.75, 3.05) is 12.0 Å². The Morgan fingerprint density at radius 3 is 2.52 bits per heavy atom. The van der Waals surface area contributed by atoms with Crippen LogP contribution in [0.15, 0.2) is 10.8 Å². The van der Waals surface area contributed by atoms with E-state index in [-0.39, 0.29) is 46.0 Å². The summed E-state index contributed by atoms with van der Waals surface area (Å²) in [5, 5.41) is 11.7. The number of hydrogen-bond donors (Lipinski definition) is 2. The van der Waals surface area contributed by atoms with Gasteiger partial charge < -0.3 is 26.3 Å². The molecule has 0 aliphatic carbocycles. The van der Waals surface area contributed by atoms with Gasteiger partial charge >= 0.3 is 29.6 Å². The Bertz CT molecular complexity index is 946. The summed E-state index contributed by atoms with van der Waals surface area (Å²) in [6, 6.07) is -1.33. The fourth-order valence-electron chi connectivity index (χ4n) is 2.85. The number of Topliss-reactive ketones (excluding diaryl/α,β-unsaturated/α-hetero) is 1. The molecule has 3 unspecified atom stereocenters. The summed E-state index contributed by atoms with van der Waals surface area (Å²) in [4.78, 5) is 41.3. The van der Waals surface area contributed by atoms with E-state index in [1.165, 1.54) is 5.38 Å². The van der Waals surface area contributed by atoms with Gasteiger partial charge in [0.2, 0.25) is 5.91 Å². The van der Waals surface area contributed by atoms with Crippen LogP contribution in [-0.2, 0) is 24.2 Å². The Morgan fingerprint density at radius 2 is 2.04 bits per heavy atom. The van der Waals surface area contributed by atoms with Crippen molar-refractivity contribution in [2.45, 2.75) is 16.8 Å². The number of sulfone groups is 1. The van der Waals surface area contributed by atoms with E-state index in [1.54, 1.807) is 0 Å². The van der Waals surface area contributed by atoms with Crippen LogP contribution in [0, 0.1) is 5.92 Å². The zero-order valence-corrected chi connectivity index (χ0v) is 18.6. The summed E-state index contributed by atoms with van der Waals surface area (Å²) in [6.07, 6.45) is 0.900. The van der Waals surface area contributed by atoms with Crippen LogP contribution < -0.4 is 46.1 Å². The second-order valence-electron chi connectivity index (χ2n) is 5.77. The van der Waals surface area contributed by atoms with Crippen LogP contribution in [0.4, 0.5) is 5.13 Å². The van der Waals surface area contributed by atoms with Crippen molar-refractivity contribution in [1.29, 1.82) is 0 Å². The average Bonchev–Trinajstić information content (AvgIpc) is 3.05. The van der Waals surface area contributed by atoms with E-state index in [4.69, 9.17) is 11.5 Å². The summed E-state index contributed by atoms with van der Waals surface area (Å²) >= 11 is 1.96. The third-order valence-corrected chi connectivity index (χ3v) is 6.59. The van der Waals surface area contributed by atoms with Gasteiger partial charge in [-0.3, -0.25) is 9.59 Å². The molecule has 1 aromatic heterocycles. The maximum atomic E-state index is 12.9. The topological polar surface area (TPSA) is 177 Å². The first-order chi connectivity index (χ1) is 12.0. The summed E-state index contributed by atoms with van der Waals surface area (Å²) in [6.45, 7) is 0. The minimum absolute atomic E-state index is 0. The monoisotopic (exact) mass is 440 g/mol. The molecule has 2 saturated heterocycles. The number of nitrogen functional groups attached to an aromatic ring is 1. The maximum absolute atomic E-state index is 12.9. The predicted molar refractivity (Wildman–Crippen MR) is 92.8 cm³/mol. The average molecular weight is 440 g/mol. The number of aliphatic carboxylic acids is 1. The second-order valence-corrected chi connectivity index (χ2v) is 9.86. The van der Waals surface area contributed by atoms with Crippen LogP contribution in [0.2, 0.25) is 0 Å². The number of fused-ring (bicyclic) bond motifs is 1. The summed E-state index contributed by atoms with van der Waals surface area (Å²) in [7, 11) is -3.72. The smallest absolute Gasteiger partial charge is 0.548 e. The van der Waals surface area contributed by atoms with Gasteiger partial charge in [0.15, 0.2) is 20.8 Å². The number of β-lactam (4-membered cyclic amide) rings is 1. The van der Waals surface area contributed by atoms with E-state index >= 15 is 0 Å². The fraction of sp³-hybridized carbons (Fsp3) is 0.385. The first kappa shape index (κ1) is 22.3. The minimum Gasteiger partial charge on any atom is -0.548 e. The number of rotatable bonds is 5. The Balaban J connectivity index is 0.00000261. The second kappa shape index (κ2) is 7.81. The normalized spacial score (nSPS) is 27.6. The van der Waals surface area contributed by atoms with Gasteiger partial charge in [0.05, 0.1) is 34.0 Å². The molecule has 2 fully saturated rings. The number of carboxylic acid groups (broad SMARTS) is 1. The number of carboxylic acids is 1. The Kier molecular flexibility index (Phi) is 6.46. The molecule has 3 heterocycles. The van der Waals surface area contributed by atoms with Crippen LogP contribution >= 0.6 is 23.1 Å². The number of ketones is 1. The van der Waals surface area contributed by atoms with Crippen molar-refractivity contribution in [1.82, 2.24) is 9.88 Å². The fourth-order valence-corrected chi connectivity index (χ4v) is 5.55. The van der Waals surface area contributed by atoms with Crippen LogP contribution in [0.1, 0.15) is 5.69 Å². The van der Waals surface area contributed by atoms with Gasteiger partial charge in [-0.1, -0.05) is 0 Å². The molecule has 27 heavy (non-hydrogen) atoms. The van der Waals surface area contributed by atoms with Crippen LogP contribution in [0.5, 0.6) is 0 Å². The molecule has 0 saturated carbocycles. The summed E-state index contributed by atoms with van der Waals surface area (Å²) in [5.41, 5.74) is 11.0. The van der Waals surface area contributed by atoms with Crippen molar-refractivity contribution < 1.29 is 57.5 Å². The maximum Gasteiger partial charge on any atom is 1.00 e. The van der Waals surface area contributed by atoms with E-state index in [0.717, 1.165) is 39.7 Å². The molecule has 0 radical (unpaired) electrons. The molecule has 3 rings (SSSR count). The number of hydrogen-bond acceptors (Lipinski definition) is 11. The van der Waals surface area contributed by atoms with Gasteiger partial charge in [-0.15, -0.1) is 23.1 Å². The van der Waals surface area contributed by atoms with Crippen LogP contribution in [-0.4, -0.2) is 59.0 Å². The zero-order valence-electron chi connectivity index (χ0n) is 14.2. The van der Waals surface area contributed by atoms with Gasteiger partial charge in [-0.05, 0) is 0 Å². The summed E-state index contributed by atoms with van der Waals surface area (Å²) in [5.74, 6) is -4.26. The number of nitrogens with two attached hydrogens (primary N) is 2. The Labute approximate surface area is 184 Å². The van der Waals surface area contributed by atoms with Crippen molar-refractivity contribution in [3.05, 3.63) is 16.5 Å². The number of anilines is 1. The molecular weight excluding hydrogens is 427 g/mol. The minimum atomic E-state index is -3.72. The number of nitrogens with zero attached hydrogens (tertiary/aromatic N) is 2. The number of carbonyl (C=O) groups excluding carboxylic acids is 3. The molecule has 4 atom stereocenters. The number of allylic oxidation sites excluding steroid dienone is 1. The molecule has 10 nitrogen and oxygen atoms in total. The predicted octanol–water partition coefficient (Wildman–Crippen LogP) is -5.38. The molecule has 2 aliphatic heterocycles. The molecule has 1 aromatic rings. The van der Waals surface area contributed by atoms with E-state index < -0.39 is 50.2 Å². The molecular formula is C13H13N4NaO6S3. The molecule has 140 valence electrons. The van der Waals surface area contributed by atoms with E-state index in [2.05, 4.69) is 4.98 Å². The van der Waals surface area contributed by atoms with Gasteiger partial charge in [-0.25, -0.2) is 13.4 Å². The number of carbonyl (C=O) groups is 3. The van der Waals surface area contributed by atoms with Crippen molar-refractivity contribution in [2.24, 2.45) is 11.7 Å². The standard InChI is InChI=1S/C13H14N4O6S3.Na/c1-26(22,23)3-4(5-2-24-13(15)16-5)8(18)6-10(19)17-7(12(20)21)9(14)25-11(6)17;/h2-3,6-7,9,11H,14H2,1H3,(H2,15,16)(H,20,21);/q;+1/p-1/t6?,7?,9?,11-;/m1./s1. The van der Waals surface area contributed by atoms with Crippen molar-refractivity contribution >= 4 is 61.3 Å². The number of amides is 1. The first-order valence-corrected chi connectivity index (χ1v) is 10.9. The van der Waals surface area contributed by atoms with Crippen molar-refractivity contribution in [3.63, 3.8) is 0 Å².